The van der Waals surface area contributed by atoms with Crippen molar-refractivity contribution >= 4 is 19.8 Å². The molecule has 1 unspecified atom stereocenters. The minimum atomic E-state index is -2.36. The molecule has 0 bridgehead atoms. The molecule has 1 atom stereocenters. The van der Waals surface area contributed by atoms with Gasteiger partial charge in [0.25, 0.3) is 0 Å². The van der Waals surface area contributed by atoms with E-state index >= 15 is 0 Å². The van der Waals surface area contributed by atoms with Crippen LogP contribution in [0.1, 0.15) is 73.9 Å². The summed E-state index contributed by atoms with van der Waals surface area (Å²) in [6, 6.07) is 15.3. The molecule has 0 aliphatic carbocycles. The van der Waals surface area contributed by atoms with Gasteiger partial charge >= 0.3 is 13.9 Å². The van der Waals surface area contributed by atoms with Crippen LogP contribution in [0.2, 0.25) is 0 Å². The molecule has 1 amide bonds. The topological polar surface area (TPSA) is 104 Å². The Labute approximate surface area is 278 Å². The number of esters is 1. The Morgan fingerprint density at radius 3 is 2.13 bits per heavy atom. The number of rotatable bonds is 22. The van der Waals surface area contributed by atoms with E-state index in [0.29, 0.717) is 30.9 Å². The molecule has 0 saturated carbocycles. The summed E-state index contributed by atoms with van der Waals surface area (Å²) in [5, 5.41) is 13.2. The van der Waals surface area contributed by atoms with Crippen molar-refractivity contribution in [3.05, 3.63) is 65.2 Å². The lowest BCUT2D eigenvalue weighted by atomic mass is 9.92. The summed E-state index contributed by atoms with van der Waals surface area (Å²) in [6.07, 6.45) is 7.01. The fourth-order valence-corrected chi connectivity index (χ4v) is 8.57. The zero-order chi connectivity index (χ0) is 34.2. The molecule has 0 spiro atoms. The van der Waals surface area contributed by atoms with Crippen LogP contribution in [0.3, 0.4) is 0 Å². The third-order valence-electron chi connectivity index (χ3n) is 7.98. The summed E-state index contributed by atoms with van der Waals surface area (Å²) in [5.74, 6) is -0.146. The number of aliphatic hydroxyl groups excluding tert-OH is 1. The molecule has 2 aromatic carbocycles. The van der Waals surface area contributed by atoms with Crippen molar-refractivity contribution in [3.8, 4) is 5.75 Å². The van der Waals surface area contributed by atoms with Crippen LogP contribution < -0.4 is 10.1 Å². The Balaban J connectivity index is 2.11. The molecule has 0 fully saturated rings. The van der Waals surface area contributed by atoms with Gasteiger partial charge in [-0.2, -0.15) is 4.52 Å². The molecule has 258 valence electrons. The molecule has 0 aliphatic rings. The number of hydrogen-bond acceptors (Lipinski definition) is 9. The second-order valence-electron chi connectivity index (χ2n) is 12.5. The summed E-state index contributed by atoms with van der Waals surface area (Å²) in [5.41, 5.74) is 1.04. The van der Waals surface area contributed by atoms with E-state index in [4.69, 9.17) is 14.0 Å². The van der Waals surface area contributed by atoms with Gasteiger partial charge < -0.3 is 19.9 Å². The second kappa shape index (κ2) is 19.9. The molecule has 0 aliphatic heterocycles. The summed E-state index contributed by atoms with van der Waals surface area (Å²) in [6.45, 7) is 4.55. The third-order valence-corrected chi connectivity index (χ3v) is 11.6. The summed E-state index contributed by atoms with van der Waals surface area (Å²) < 4.78 is 24.2. The number of nitrogens with zero attached hydrogens (tertiary/aromatic N) is 3. The highest BCUT2D eigenvalue weighted by Gasteiger charge is 2.52. The van der Waals surface area contributed by atoms with Crippen LogP contribution in [0, 0.1) is 5.41 Å². The van der Waals surface area contributed by atoms with E-state index in [2.05, 4.69) is 12.2 Å². The minimum absolute atomic E-state index is 0.0289. The van der Waals surface area contributed by atoms with Crippen LogP contribution in [0.25, 0.3) is 0 Å². The monoisotopic (exact) mass is 661 g/mol. The number of hydrogen-bond donors (Lipinski definition) is 2. The lowest BCUT2D eigenvalue weighted by Gasteiger charge is -2.39. The number of carbonyl (C=O) groups is 2. The van der Waals surface area contributed by atoms with E-state index < -0.39 is 19.3 Å². The SMILES string of the molecule is CCCCCCCCOC(=O)c1cc(OCc2ccccc2)ccc1CCNC(=O)C(C)(CO)CO[P+](N(C)C)(N(C)C)N(C)C. The first-order valence-electron chi connectivity index (χ1n) is 16.3. The Bertz CT molecular complexity index is 1180. The zero-order valence-corrected chi connectivity index (χ0v) is 30.3. The minimum Gasteiger partial charge on any atom is -0.489 e. The molecule has 0 radical (unpaired) electrons. The van der Waals surface area contributed by atoms with Crippen LogP contribution >= 0.6 is 7.94 Å². The molecule has 46 heavy (non-hydrogen) atoms. The first kappa shape index (κ1) is 39.6. The highest BCUT2D eigenvalue weighted by atomic mass is 31.2. The Morgan fingerprint density at radius 1 is 0.891 bits per heavy atom. The van der Waals surface area contributed by atoms with Crippen LogP contribution in [-0.2, 0) is 27.1 Å². The highest BCUT2D eigenvalue weighted by molar-refractivity contribution is 7.64. The summed E-state index contributed by atoms with van der Waals surface area (Å²) in [7, 11) is 9.30. The Hall–Kier alpha value is -2.59. The zero-order valence-electron chi connectivity index (χ0n) is 29.4. The average Bonchev–Trinajstić information content (AvgIpc) is 3.03. The van der Waals surface area contributed by atoms with Crippen LogP contribution in [0.4, 0.5) is 0 Å². The van der Waals surface area contributed by atoms with Crippen molar-refractivity contribution in [2.75, 3.05) is 68.7 Å². The molecular weight excluding hydrogens is 603 g/mol. The van der Waals surface area contributed by atoms with E-state index in [-0.39, 0.29) is 25.7 Å². The summed E-state index contributed by atoms with van der Waals surface area (Å²) >= 11 is 0. The average molecular weight is 662 g/mol. The second-order valence-corrected chi connectivity index (χ2v) is 16.2. The molecule has 0 heterocycles. The predicted molar refractivity (Wildman–Crippen MR) is 187 cm³/mol. The third kappa shape index (κ3) is 11.6. The van der Waals surface area contributed by atoms with Gasteiger partial charge in [0.2, 0.25) is 5.91 Å². The van der Waals surface area contributed by atoms with E-state index in [1.807, 2.05) is 98.8 Å². The Kier molecular flexibility index (Phi) is 17.2. The molecule has 10 nitrogen and oxygen atoms in total. The molecule has 0 aromatic heterocycles. The van der Waals surface area contributed by atoms with Gasteiger partial charge in [0.05, 0.1) is 24.2 Å². The fourth-order valence-electron chi connectivity index (χ4n) is 5.28. The van der Waals surface area contributed by atoms with Gasteiger partial charge in [-0.15, -0.1) is 14.0 Å². The quantitative estimate of drug-likeness (QED) is 0.0918. The standard InChI is InChI=1S/C35H57N4O6P/c1-9-10-11-12-13-17-24-43-33(41)32-25-31(44-26-29-18-15-14-16-19-29)21-20-30(32)22-23-36-34(42)35(2,27-40)28-45-46(37(3)4,38(5)6)39(7)8/h14-16,18-21,25,40H,9-13,17,22-24,26-28H2,1-8H3/p+1. The lowest BCUT2D eigenvalue weighted by molar-refractivity contribution is -0.134. The van der Waals surface area contributed by atoms with Crippen LogP contribution in [-0.4, -0.2) is 99.6 Å². The molecule has 0 saturated heterocycles. The van der Waals surface area contributed by atoms with Crippen LogP contribution in [0.5, 0.6) is 5.75 Å². The normalized spacial score (nSPS) is 13.2. The van der Waals surface area contributed by atoms with E-state index in [1.54, 1.807) is 13.0 Å². The molecule has 2 rings (SSSR count). The van der Waals surface area contributed by atoms with E-state index in [0.717, 1.165) is 30.4 Å². The van der Waals surface area contributed by atoms with Gasteiger partial charge in [-0.1, -0.05) is 75.4 Å². The maximum atomic E-state index is 13.4. The van der Waals surface area contributed by atoms with Crippen molar-refractivity contribution in [1.82, 2.24) is 19.3 Å². The van der Waals surface area contributed by atoms with Gasteiger partial charge in [-0.05, 0) is 43.0 Å². The van der Waals surface area contributed by atoms with E-state index in [1.165, 1.54) is 19.3 Å². The number of benzene rings is 2. The van der Waals surface area contributed by atoms with Crippen LogP contribution in [0.15, 0.2) is 48.5 Å². The maximum Gasteiger partial charge on any atom is 0.369 e. The number of ether oxygens (including phenoxy) is 2. The highest BCUT2D eigenvalue weighted by Crippen LogP contribution is 2.65. The molecule has 11 heteroatoms. The fraction of sp³-hybridized carbons (Fsp3) is 0.600. The number of carbonyl (C=O) groups excluding carboxylic acids is 2. The first-order chi connectivity index (χ1) is 21.9. The smallest absolute Gasteiger partial charge is 0.369 e. The summed E-state index contributed by atoms with van der Waals surface area (Å²) in [4.78, 5) is 26.6. The van der Waals surface area contributed by atoms with Crippen molar-refractivity contribution < 1.29 is 28.7 Å². The van der Waals surface area contributed by atoms with Crippen molar-refractivity contribution in [3.63, 3.8) is 0 Å². The van der Waals surface area contributed by atoms with Gasteiger partial charge in [-0.3, -0.25) is 4.79 Å². The number of nitrogens with one attached hydrogen (secondary N) is 1. The van der Waals surface area contributed by atoms with Gasteiger partial charge in [0.1, 0.15) is 19.0 Å². The van der Waals surface area contributed by atoms with E-state index in [9.17, 15) is 14.7 Å². The lowest BCUT2D eigenvalue weighted by Crippen LogP contribution is -2.47. The Morgan fingerprint density at radius 2 is 1.52 bits per heavy atom. The largest absolute Gasteiger partial charge is 0.489 e. The van der Waals surface area contributed by atoms with Gasteiger partial charge in [0.15, 0.2) is 0 Å². The maximum absolute atomic E-state index is 13.4. The number of amides is 1. The van der Waals surface area contributed by atoms with Crippen molar-refractivity contribution in [2.24, 2.45) is 5.41 Å². The van der Waals surface area contributed by atoms with Gasteiger partial charge in [-0.25, -0.2) is 4.79 Å². The van der Waals surface area contributed by atoms with Gasteiger partial charge in [0, 0.05) is 48.8 Å². The van der Waals surface area contributed by atoms with Crippen molar-refractivity contribution in [1.29, 1.82) is 0 Å². The van der Waals surface area contributed by atoms with Crippen molar-refractivity contribution in [2.45, 2.75) is 65.4 Å². The molecular formula is C35H58N4O6P+. The first-order valence-corrected chi connectivity index (χ1v) is 17.9. The number of aliphatic hydroxyl groups is 1. The number of unbranched alkanes of at least 4 members (excludes halogenated alkanes) is 5. The molecule has 2 N–H and O–H groups in total. The molecule has 2 aromatic rings. The predicted octanol–water partition coefficient (Wildman–Crippen LogP) is 5.82.